The van der Waals surface area contributed by atoms with Crippen LogP contribution in [0.2, 0.25) is 0 Å². The van der Waals surface area contributed by atoms with Crippen LogP contribution in [0.1, 0.15) is 25.0 Å². The molecule has 4 aliphatic carbocycles. The summed E-state index contributed by atoms with van der Waals surface area (Å²) in [6.07, 6.45) is 0. The van der Waals surface area contributed by atoms with Crippen LogP contribution < -0.4 is 9.80 Å². The van der Waals surface area contributed by atoms with E-state index in [9.17, 15) is 0 Å². The van der Waals surface area contributed by atoms with E-state index < -0.39 is 0 Å². The predicted octanol–water partition coefficient (Wildman–Crippen LogP) is 41.0. The Balaban J connectivity index is 0.000000107. The molecule has 0 radical (unpaired) electrons. The number of hydrogen-bond donors (Lipinski definition) is 0. The van der Waals surface area contributed by atoms with Crippen LogP contribution >= 0.6 is 34.0 Å². The molecule has 0 amide bonds. The molecule has 0 N–H and O–H groups in total. The Hall–Kier alpha value is -17.9. The lowest BCUT2D eigenvalue weighted by Crippen LogP contribution is -2.16. The first-order chi connectivity index (χ1) is 72.7. The number of benzene rings is 22. The van der Waals surface area contributed by atoms with Crippen LogP contribution in [0.15, 0.2) is 528 Å². The summed E-state index contributed by atoms with van der Waals surface area (Å²) in [6, 6.07) is 193. The lowest BCUT2D eigenvalue weighted by atomic mass is 9.82. The van der Waals surface area contributed by atoms with Crippen molar-refractivity contribution in [3.63, 3.8) is 0 Å². The van der Waals surface area contributed by atoms with Gasteiger partial charge in [-0.2, -0.15) is 0 Å². The number of fused-ring (bicyclic) bond motifs is 21. The second kappa shape index (κ2) is 35.9. The number of hydrogen-bond acceptors (Lipinski definition) is 5. The van der Waals surface area contributed by atoms with Gasteiger partial charge in [0.2, 0.25) is 0 Å². The lowest BCUT2D eigenvalue weighted by molar-refractivity contribution is 0.660. The Kier molecular flexibility index (Phi) is 21.2. The van der Waals surface area contributed by atoms with E-state index in [1.54, 1.807) is 0 Å². The van der Waals surface area contributed by atoms with Crippen LogP contribution in [-0.2, 0) is 5.41 Å². The molecule has 0 unspecified atom stereocenters. The topological polar surface area (TPSA) is 11.4 Å². The Bertz CT molecular complexity index is 9550. The standard InChI is InChI=1S/C53H37NS.C44H27NS.C44H29NS/c1-53(2)47-21-11-10-18-43(47)44-32-31-39(33-48(44)53)54(37-13-4-3-5-14-37)38-29-27-35(28-30-38)34-23-25-36(26-24-34)52-51-46-19-9-8-17-42(46)40-15-6-7-16-41(40)45-20-12-22-49(55-52)50(45)51;1-2-11-33-32(10-1)34-12-3-4-15-38(34)43-42-37(33)16-9-19-41(42)46-44(43)30-22-20-28(21-23-30)29-24-26-31(27-25-29)45-39-17-7-5-13-35(39)36-14-6-8-18-40(36)45;1-3-12-33(13-4-1)45(34-14-5-2-6-15-34)35-28-26-31(27-29-35)30-22-24-32(25-23-30)44-43-40-19-10-9-18-38(40)36-16-7-8-17-37(36)39-20-11-21-41(46-44)42(39)43/h3-33H,1-2H3;1-27H;1-29H. The Morgan fingerprint density at radius 2 is 0.415 bits per heavy atom. The van der Waals surface area contributed by atoms with Crippen LogP contribution in [0.3, 0.4) is 0 Å². The molecular weight excluding hydrogens is 1830 g/mol. The first kappa shape index (κ1) is 87.0. The summed E-state index contributed by atoms with van der Waals surface area (Å²) in [4.78, 5) is 8.66. The summed E-state index contributed by atoms with van der Waals surface area (Å²) in [5, 5.41) is 6.66. The van der Waals surface area contributed by atoms with Gasteiger partial charge in [0.05, 0.1) is 11.0 Å². The molecule has 0 saturated heterocycles. The van der Waals surface area contributed by atoms with E-state index in [1.807, 2.05) is 34.0 Å². The first-order valence-electron chi connectivity index (χ1n) is 50.6. The fraction of sp³-hybridized carbons (Fsp3) is 0.0213. The van der Waals surface area contributed by atoms with Crippen molar-refractivity contribution in [1.29, 1.82) is 0 Å². The van der Waals surface area contributed by atoms with Crippen LogP contribution in [0.4, 0.5) is 34.1 Å². The van der Waals surface area contributed by atoms with Crippen molar-refractivity contribution in [3.8, 4) is 182 Å². The predicted molar refractivity (Wildman–Crippen MR) is 629 cm³/mol. The minimum Gasteiger partial charge on any atom is -0.311 e. The summed E-state index contributed by atoms with van der Waals surface area (Å²) in [7, 11) is 0. The highest BCUT2D eigenvalue weighted by molar-refractivity contribution is 7.24. The van der Waals surface area contributed by atoms with Crippen molar-refractivity contribution < 1.29 is 0 Å². The number of nitrogens with zero attached hydrogens (tertiary/aromatic N) is 3. The minimum absolute atomic E-state index is 0.0657. The Labute approximate surface area is 867 Å². The summed E-state index contributed by atoms with van der Waals surface area (Å²) in [5.41, 5.74) is 50.5. The maximum absolute atomic E-state index is 2.40. The van der Waals surface area contributed by atoms with Gasteiger partial charge in [-0.15, -0.1) is 34.0 Å². The fourth-order valence-corrected chi connectivity index (χ4v) is 27.4. The van der Waals surface area contributed by atoms with E-state index in [1.165, 1.54) is 251 Å². The van der Waals surface area contributed by atoms with Crippen LogP contribution in [0.25, 0.3) is 234 Å². The summed E-state index contributed by atoms with van der Waals surface area (Å²) in [6.45, 7) is 4.70. The highest BCUT2D eigenvalue weighted by Gasteiger charge is 2.37. The van der Waals surface area contributed by atoms with Crippen molar-refractivity contribution in [2.75, 3.05) is 9.80 Å². The second-order valence-electron chi connectivity index (χ2n) is 39.0. The van der Waals surface area contributed by atoms with Gasteiger partial charge in [-0.3, -0.25) is 0 Å². The molecule has 4 aliphatic rings. The summed E-state index contributed by atoms with van der Waals surface area (Å²) < 4.78 is 6.36. The van der Waals surface area contributed by atoms with E-state index in [4.69, 9.17) is 0 Å². The lowest BCUT2D eigenvalue weighted by Gasteiger charge is -2.28. The van der Waals surface area contributed by atoms with Gasteiger partial charge in [-0.05, 0) is 271 Å². The maximum Gasteiger partial charge on any atom is 0.0541 e. The van der Waals surface area contributed by atoms with Gasteiger partial charge >= 0.3 is 0 Å². The van der Waals surface area contributed by atoms with Crippen molar-refractivity contribution in [3.05, 3.63) is 539 Å². The highest BCUT2D eigenvalue weighted by atomic mass is 32.1. The molecular formula is C141H93N3S3. The molecule has 4 heterocycles. The van der Waals surface area contributed by atoms with Crippen molar-refractivity contribution in [2.24, 2.45) is 0 Å². The molecule has 26 aromatic rings. The minimum atomic E-state index is -0.0657. The Morgan fingerprint density at radius 3 is 0.762 bits per heavy atom. The normalized spacial score (nSPS) is 12.2. The monoisotopic (exact) mass is 1920 g/mol. The molecule has 690 valence electrons. The van der Waals surface area contributed by atoms with E-state index in [0.29, 0.717) is 0 Å². The molecule has 0 aliphatic heterocycles. The third-order valence-corrected chi connectivity index (χ3v) is 34.1. The van der Waals surface area contributed by atoms with Crippen molar-refractivity contribution in [2.45, 2.75) is 19.3 Å². The van der Waals surface area contributed by atoms with E-state index in [0.717, 1.165) is 28.4 Å². The smallest absolute Gasteiger partial charge is 0.0541 e. The number of para-hydroxylation sites is 5. The van der Waals surface area contributed by atoms with Gasteiger partial charge in [0, 0.05) is 118 Å². The molecule has 30 rings (SSSR count). The number of aromatic nitrogens is 1. The number of thiophene rings is 3. The summed E-state index contributed by atoms with van der Waals surface area (Å²) >= 11 is 5.71. The van der Waals surface area contributed by atoms with E-state index >= 15 is 0 Å². The van der Waals surface area contributed by atoms with Gasteiger partial charge < -0.3 is 14.4 Å². The summed E-state index contributed by atoms with van der Waals surface area (Å²) in [5.74, 6) is 0. The first-order valence-corrected chi connectivity index (χ1v) is 53.0. The van der Waals surface area contributed by atoms with Gasteiger partial charge in [-0.25, -0.2) is 0 Å². The molecule has 6 heteroatoms. The van der Waals surface area contributed by atoms with Crippen LogP contribution in [0.5, 0.6) is 0 Å². The van der Waals surface area contributed by atoms with Gasteiger partial charge in [-0.1, -0.05) is 426 Å². The number of anilines is 6. The zero-order valence-corrected chi connectivity index (χ0v) is 83.2. The van der Waals surface area contributed by atoms with Crippen LogP contribution in [-0.4, -0.2) is 4.57 Å². The van der Waals surface area contributed by atoms with E-state index in [-0.39, 0.29) is 5.41 Å². The van der Waals surface area contributed by atoms with E-state index in [2.05, 4.69) is 556 Å². The second-order valence-corrected chi connectivity index (χ2v) is 42.2. The molecule has 147 heavy (non-hydrogen) atoms. The fourth-order valence-electron chi connectivity index (χ4n) is 23.7. The van der Waals surface area contributed by atoms with Crippen LogP contribution in [0, 0.1) is 0 Å². The largest absolute Gasteiger partial charge is 0.311 e. The van der Waals surface area contributed by atoms with Crippen molar-refractivity contribution >= 4 is 120 Å². The SMILES string of the molecule is CC1(C)c2ccccc2-c2ccc(N(c3ccccc3)c3ccc(-c4ccc(-c5sc6cccc7c6c5-c5ccccc5-c5ccccc5-7)cc4)cc3)cc21.c1ccc(N(c2ccccc2)c2ccc(-c3ccc(-c4sc5cccc6c5c4-c4ccccc4-c4ccccc4-6)cc3)cc2)cc1.c1ccc2c(c1)-c1ccccc1-c1c(-c3ccc(-c4ccc(-n5c6ccccc6c6ccccc65)cc4)cc3)sc3cccc-2c13. The van der Waals surface area contributed by atoms with Gasteiger partial charge in [0.25, 0.3) is 0 Å². The molecule has 0 fully saturated rings. The third-order valence-electron chi connectivity index (χ3n) is 30.5. The van der Waals surface area contributed by atoms with Gasteiger partial charge in [0.1, 0.15) is 0 Å². The average Bonchev–Trinajstić information content (AvgIpc) is 1.57. The maximum atomic E-state index is 2.40. The third kappa shape index (κ3) is 14.7. The average molecular weight is 1930 g/mol. The quantitative estimate of drug-likeness (QED) is 0.114. The molecule has 0 atom stereocenters. The molecule has 22 aromatic carbocycles. The Morgan fingerprint density at radius 1 is 0.177 bits per heavy atom. The zero-order valence-electron chi connectivity index (χ0n) is 80.8. The zero-order chi connectivity index (χ0) is 97.3. The van der Waals surface area contributed by atoms with Crippen molar-refractivity contribution in [1.82, 2.24) is 4.57 Å². The molecule has 4 aromatic heterocycles. The highest BCUT2D eigenvalue weighted by Crippen LogP contribution is 2.60. The number of rotatable bonds is 13. The molecule has 3 nitrogen and oxygen atoms in total. The van der Waals surface area contributed by atoms with Gasteiger partial charge in [0.15, 0.2) is 0 Å². The molecule has 0 spiro atoms. The molecule has 0 bridgehead atoms. The molecule has 0 saturated carbocycles.